The van der Waals surface area contributed by atoms with Gasteiger partial charge in [-0.3, -0.25) is 14.9 Å². The van der Waals surface area contributed by atoms with Gasteiger partial charge in [-0.15, -0.1) is 0 Å². The van der Waals surface area contributed by atoms with Gasteiger partial charge in [-0.05, 0) is 6.07 Å². The van der Waals surface area contributed by atoms with E-state index in [4.69, 9.17) is 28.3 Å². The second-order valence-corrected chi connectivity index (χ2v) is 3.60. The molecule has 2 N–H and O–H groups in total. The van der Waals surface area contributed by atoms with Crippen molar-refractivity contribution in [1.82, 2.24) is 0 Å². The highest BCUT2D eigenvalue weighted by Crippen LogP contribution is 2.33. The Morgan fingerprint density at radius 3 is 2.50 bits per heavy atom. The minimum Gasteiger partial charge on any atom is -0.480 e. The number of nitrogens with one attached hydrogen (secondary N) is 1. The van der Waals surface area contributed by atoms with Crippen molar-refractivity contribution in [2.24, 2.45) is 0 Å². The third kappa shape index (κ3) is 2.98. The summed E-state index contributed by atoms with van der Waals surface area (Å²) >= 11 is 11.3. The standard InChI is InChI=1S/C8H6Cl2N2O4/c9-4-1-6(11-3-8(13)14)7(12(15)16)2-5(4)10/h1-2,11H,3H2,(H,13,14). The molecule has 0 fully saturated rings. The summed E-state index contributed by atoms with van der Waals surface area (Å²) in [7, 11) is 0. The molecule has 0 spiro atoms. The number of anilines is 1. The Bertz CT molecular complexity index is 450. The van der Waals surface area contributed by atoms with Gasteiger partial charge in [-0.25, -0.2) is 0 Å². The molecule has 0 bridgehead atoms. The predicted octanol–water partition coefficient (Wildman–Crippen LogP) is 2.40. The molecule has 86 valence electrons. The first-order valence-electron chi connectivity index (χ1n) is 4.01. The van der Waals surface area contributed by atoms with Gasteiger partial charge in [0.15, 0.2) is 0 Å². The van der Waals surface area contributed by atoms with Crippen LogP contribution in [0.15, 0.2) is 12.1 Å². The summed E-state index contributed by atoms with van der Waals surface area (Å²) in [5.41, 5.74) is -0.308. The molecule has 0 amide bonds. The van der Waals surface area contributed by atoms with E-state index in [1.807, 2.05) is 0 Å². The minimum atomic E-state index is -1.14. The number of hydrogen-bond acceptors (Lipinski definition) is 4. The summed E-state index contributed by atoms with van der Waals surface area (Å²) in [6.45, 7) is -0.446. The Balaban J connectivity index is 3.09. The van der Waals surface area contributed by atoms with Crippen LogP contribution >= 0.6 is 23.2 Å². The molecule has 0 aliphatic carbocycles. The van der Waals surface area contributed by atoms with E-state index in [1.54, 1.807) is 0 Å². The molecule has 0 aliphatic heterocycles. The first-order chi connectivity index (χ1) is 7.41. The van der Waals surface area contributed by atoms with Crippen LogP contribution in [0.5, 0.6) is 0 Å². The Kier molecular flexibility index (Phi) is 3.92. The van der Waals surface area contributed by atoms with Crippen molar-refractivity contribution in [2.45, 2.75) is 0 Å². The molecule has 1 aromatic rings. The highest BCUT2D eigenvalue weighted by Gasteiger charge is 2.17. The van der Waals surface area contributed by atoms with Crippen LogP contribution < -0.4 is 5.32 Å². The van der Waals surface area contributed by atoms with Crippen molar-refractivity contribution < 1.29 is 14.8 Å². The van der Waals surface area contributed by atoms with Gasteiger partial charge >= 0.3 is 5.97 Å². The van der Waals surface area contributed by atoms with Gasteiger partial charge in [0.25, 0.3) is 5.69 Å². The smallest absolute Gasteiger partial charge is 0.322 e. The Morgan fingerprint density at radius 1 is 1.44 bits per heavy atom. The summed E-state index contributed by atoms with van der Waals surface area (Å²) in [6, 6.07) is 2.28. The minimum absolute atomic E-state index is 0.0156. The predicted molar refractivity (Wildman–Crippen MR) is 59.2 cm³/mol. The normalized spacial score (nSPS) is 9.88. The summed E-state index contributed by atoms with van der Waals surface area (Å²) in [6.07, 6.45) is 0. The third-order valence-electron chi connectivity index (χ3n) is 1.67. The van der Waals surface area contributed by atoms with Crippen LogP contribution in [-0.4, -0.2) is 22.5 Å². The number of carboxylic acids is 1. The van der Waals surface area contributed by atoms with E-state index >= 15 is 0 Å². The second kappa shape index (κ2) is 5.00. The number of hydrogen-bond donors (Lipinski definition) is 2. The molecule has 1 rings (SSSR count). The van der Waals surface area contributed by atoms with Crippen molar-refractivity contribution in [3.8, 4) is 0 Å². The summed E-state index contributed by atoms with van der Waals surface area (Å²) in [5, 5.41) is 21.6. The maximum atomic E-state index is 10.6. The number of rotatable bonds is 4. The Labute approximate surface area is 99.9 Å². The Morgan fingerprint density at radius 2 is 2.00 bits per heavy atom. The van der Waals surface area contributed by atoms with Crippen LogP contribution in [0.1, 0.15) is 0 Å². The monoisotopic (exact) mass is 264 g/mol. The second-order valence-electron chi connectivity index (χ2n) is 2.79. The molecule has 0 unspecified atom stereocenters. The number of aliphatic carboxylic acids is 1. The number of nitro groups is 1. The van der Waals surface area contributed by atoms with E-state index in [2.05, 4.69) is 5.32 Å². The van der Waals surface area contributed by atoms with E-state index in [0.717, 1.165) is 6.07 Å². The van der Waals surface area contributed by atoms with Crippen molar-refractivity contribution >= 4 is 40.5 Å². The zero-order valence-corrected chi connectivity index (χ0v) is 9.25. The third-order valence-corrected chi connectivity index (χ3v) is 2.39. The lowest BCUT2D eigenvalue weighted by atomic mass is 10.2. The van der Waals surface area contributed by atoms with Crippen LogP contribution in [0.2, 0.25) is 10.0 Å². The van der Waals surface area contributed by atoms with Crippen LogP contribution in [0.4, 0.5) is 11.4 Å². The SMILES string of the molecule is O=C(O)CNc1cc(Cl)c(Cl)cc1[N+](=O)[O-]. The molecule has 1 aromatic carbocycles. The molecule has 0 heterocycles. The van der Waals surface area contributed by atoms with Crippen LogP contribution in [0.3, 0.4) is 0 Å². The first kappa shape index (κ1) is 12.5. The quantitative estimate of drug-likeness (QED) is 0.644. The summed E-state index contributed by atoms with van der Waals surface area (Å²) in [5.74, 6) is -1.14. The van der Waals surface area contributed by atoms with Crippen molar-refractivity contribution in [2.75, 3.05) is 11.9 Å². The lowest BCUT2D eigenvalue weighted by Gasteiger charge is -2.05. The molecule has 0 saturated carbocycles. The van der Waals surface area contributed by atoms with Crippen LogP contribution in [-0.2, 0) is 4.79 Å². The topological polar surface area (TPSA) is 92.5 Å². The van der Waals surface area contributed by atoms with Gasteiger partial charge in [-0.2, -0.15) is 0 Å². The fourth-order valence-electron chi connectivity index (χ4n) is 1.000. The van der Waals surface area contributed by atoms with Crippen molar-refractivity contribution in [3.05, 3.63) is 32.3 Å². The number of carboxylic acid groups (broad SMARTS) is 1. The van der Waals surface area contributed by atoms with E-state index in [0.29, 0.717) is 0 Å². The lowest BCUT2D eigenvalue weighted by molar-refractivity contribution is -0.383. The number of benzene rings is 1. The fraction of sp³-hybridized carbons (Fsp3) is 0.125. The van der Waals surface area contributed by atoms with Gasteiger partial charge in [0, 0.05) is 6.07 Å². The highest BCUT2D eigenvalue weighted by atomic mass is 35.5. The van der Waals surface area contributed by atoms with Crippen molar-refractivity contribution in [3.63, 3.8) is 0 Å². The molecule has 6 nitrogen and oxygen atoms in total. The zero-order valence-electron chi connectivity index (χ0n) is 7.74. The molecule has 0 aliphatic rings. The maximum absolute atomic E-state index is 10.6. The molecule has 16 heavy (non-hydrogen) atoms. The van der Waals surface area contributed by atoms with Gasteiger partial charge in [-0.1, -0.05) is 23.2 Å². The van der Waals surface area contributed by atoms with Gasteiger partial charge in [0.1, 0.15) is 12.2 Å². The number of nitro benzene ring substituents is 1. The number of halogens is 2. The van der Waals surface area contributed by atoms with Crippen LogP contribution in [0.25, 0.3) is 0 Å². The number of carbonyl (C=O) groups is 1. The van der Waals surface area contributed by atoms with Gasteiger partial charge in [0.05, 0.1) is 15.0 Å². The molecular weight excluding hydrogens is 259 g/mol. The largest absolute Gasteiger partial charge is 0.480 e. The Hall–Kier alpha value is -1.53. The average Bonchev–Trinajstić information content (AvgIpc) is 2.18. The van der Waals surface area contributed by atoms with Crippen molar-refractivity contribution in [1.29, 1.82) is 0 Å². The van der Waals surface area contributed by atoms with E-state index < -0.39 is 17.4 Å². The molecular formula is C8H6Cl2N2O4. The molecule has 8 heteroatoms. The van der Waals surface area contributed by atoms with E-state index in [9.17, 15) is 14.9 Å². The molecule has 0 saturated heterocycles. The summed E-state index contributed by atoms with van der Waals surface area (Å²) in [4.78, 5) is 20.3. The van der Waals surface area contributed by atoms with Gasteiger partial charge < -0.3 is 10.4 Å². The summed E-state index contributed by atoms with van der Waals surface area (Å²) < 4.78 is 0. The van der Waals surface area contributed by atoms with Crippen LogP contribution in [0, 0.1) is 10.1 Å². The lowest BCUT2D eigenvalue weighted by Crippen LogP contribution is -2.13. The molecule has 0 aromatic heterocycles. The highest BCUT2D eigenvalue weighted by molar-refractivity contribution is 6.42. The van der Waals surface area contributed by atoms with E-state index in [1.165, 1.54) is 6.07 Å². The molecule has 0 radical (unpaired) electrons. The maximum Gasteiger partial charge on any atom is 0.322 e. The zero-order chi connectivity index (χ0) is 12.3. The van der Waals surface area contributed by atoms with E-state index in [-0.39, 0.29) is 21.4 Å². The van der Waals surface area contributed by atoms with Gasteiger partial charge in [0.2, 0.25) is 0 Å². The molecule has 0 atom stereocenters. The fourth-order valence-corrected chi connectivity index (χ4v) is 1.32. The number of nitrogens with zero attached hydrogens (tertiary/aromatic N) is 1. The first-order valence-corrected chi connectivity index (χ1v) is 4.76. The average molecular weight is 265 g/mol.